The number of nitrogens with zero attached hydrogens (tertiary/aromatic N) is 2. The van der Waals surface area contributed by atoms with Gasteiger partial charge in [-0.15, -0.1) is 0 Å². The van der Waals surface area contributed by atoms with Crippen LogP contribution >= 0.6 is 7.82 Å². The number of pyridine rings is 1. The van der Waals surface area contributed by atoms with Crippen molar-refractivity contribution in [3.63, 3.8) is 0 Å². The lowest BCUT2D eigenvalue weighted by molar-refractivity contribution is -0.246. The number of fused-ring (bicyclic) bond motifs is 1. The quantitative estimate of drug-likeness (QED) is 0.211. The summed E-state index contributed by atoms with van der Waals surface area (Å²) in [5.74, 6) is -1.58. The topological polar surface area (TPSA) is 167 Å². The summed E-state index contributed by atoms with van der Waals surface area (Å²) >= 11 is 0. The van der Waals surface area contributed by atoms with Crippen molar-refractivity contribution in [3.8, 4) is 0 Å². The smallest absolute Gasteiger partial charge is 0.459 e. The number of hydrogen-bond acceptors (Lipinski definition) is 9. The van der Waals surface area contributed by atoms with Gasteiger partial charge in [-0.1, -0.05) is 36.4 Å². The third-order valence-electron chi connectivity index (χ3n) is 6.33. The molecule has 5 rings (SSSR count). The number of aromatic nitrogens is 2. The van der Waals surface area contributed by atoms with Crippen molar-refractivity contribution in [3.05, 3.63) is 103 Å². The largest absolute Gasteiger partial charge is 0.470 e. The maximum Gasteiger partial charge on any atom is 0.470 e. The molecule has 0 unspecified atom stereocenters. The van der Waals surface area contributed by atoms with Gasteiger partial charge in [0.25, 0.3) is 0 Å². The molecule has 0 saturated carbocycles. The van der Waals surface area contributed by atoms with E-state index in [0.29, 0.717) is 5.52 Å². The van der Waals surface area contributed by atoms with E-state index in [2.05, 4.69) is 4.98 Å². The average molecular weight is 568 g/mol. The van der Waals surface area contributed by atoms with Gasteiger partial charge in [-0.25, -0.2) is 14.2 Å². The van der Waals surface area contributed by atoms with Crippen molar-refractivity contribution in [2.45, 2.75) is 30.6 Å². The molecule has 1 fully saturated rings. The zero-order chi connectivity index (χ0) is 28.3. The number of esters is 2. The van der Waals surface area contributed by atoms with Gasteiger partial charge in [-0.05, 0) is 41.8 Å². The Balaban J connectivity index is 1.51. The van der Waals surface area contributed by atoms with Crippen LogP contribution in [0, 0.1) is 0 Å². The molecule has 208 valence electrons. The molecular weight excluding hydrogens is 543 g/mol. The summed E-state index contributed by atoms with van der Waals surface area (Å²) in [5, 5.41) is 12.0. The lowest BCUT2D eigenvalue weighted by atomic mass is 9.97. The molecule has 40 heavy (non-hydrogen) atoms. The van der Waals surface area contributed by atoms with E-state index < -0.39 is 57.0 Å². The highest BCUT2D eigenvalue weighted by Gasteiger charge is 2.52. The van der Waals surface area contributed by atoms with E-state index in [4.69, 9.17) is 18.7 Å². The summed E-state index contributed by atoms with van der Waals surface area (Å²) in [6, 6.07) is 20.1. The average Bonchev–Trinajstić information content (AvgIpc) is 3.39. The number of ether oxygens (including phenoxy) is 3. The second-order valence-electron chi connectivity index (χ2n) is 8.97. The Kier molecular flexibility index (Phi) is 8.08. The minimum Gasteiger partial charge on any atom is -0.459 e. The number of phosphoric ester groups is 1. The van der Waals surface area contributed by atoms with Crippen molar-refractivity contribution >= 4 is 30.7 Å². The van der Waals surface area contributed by atoms with Gasteiger partial charge < -0.3 is 33.7 Å². The highest BCUT2D eigenvalue weighted by atomic mass is 31.2. The molecule has 5 atom stereocenters. The normalized spacial score (nSPS) is 23.0. The minimum atomic E-state index is -5.22. The van der Waals surface area contributed by atoms with Crippen LogP contribution in [0.25, 0.3) is 10.9 Å². The van der Waals surface area contributed by atoms with Crippen LogP contribution in [0.1, 0.15) is 26.9 Å². The number of benzene rings is 2. The fourth-order valence-electron chi connectivity index (χ4n) is 4.49. The SMILES string of the molecule is O=C(OC[C@H]1O[C@@H](n2ccc3ccccc32)[C@H](OC(=O)c2cccnc2)[C@@H](OP(=O)(O)O)[C@@H]1O)c1ccccc1. The van der Waals surface area contributed by atoms with Crippen LogP contribution in [0.2, 0.25) is 0 Å². The highest BCUT2D eigenvalue weighted by Crippen LogP contribution is 2.44. The van der Waals surface area contributed by atoms with Gasteiger partial charge in [-0.3, -0.25) is 9.51 Å². The molecule has 4 aromatic rings. The molecule has 3 heterocycles. The first kappa shape index (κ1) is 27.7. The lowest BCUT2D eigenvalue weighted by Crippen LogP contribution is -2.58. The number of hydrogen-bond donors (Lipinski definition) is 3. The van der Waals surface area contributed by atoms with E-state index in [9.17, 15) is 29.0 Å². The number of aliphatic hydroxyl groups excluding tert-OH is 1. The number of phosphoric acid groups is 1. The number of aliphatic hydroxyl groups is 1. The Labute approximate surface area is 227 Å². The summed E-state index contributed by atoms with van der Waals surface area (Å²) in [4.78, 5) is 48.9. The van der Waals surface area contributed by atoms with Crippen molar-refractivity contribution in [2.75, 3.05) is 6.61 Å². The molecule has 3 N–H and O–H groups in total. The van der Waals surface area contributed by atoms with Gasteiger partial charge in [0.1, 0.15) is 24.9 Å². The summed E-state index contributed by atoms with van der Waals surface area (Å²) in [7, 11) is -5.22. The first-order valence-corrected chi connectivity index (χ1v) is 13.7. The number of carbonyl (C=O) groups is 2. The Morgan fingerprint density at radius 2 is 1.65 bits per heavy atom. The van der Waals surface area contributed by atoms with Crippen LogP contribution in [0.15, 0.2) is 91.4 Å². The first-order valence-electron chi connectivity index (χ1n) is 12.2. The molecule has 2 aromatic carbocycles. The van der Waals surface area contributed by atoms with Crippen molar-refractivity contribution < 1.29 is 47.8 Å². The molecule has 12 nitrogen and oxygen atoms in total. The third-order valence-corrected chi connectivity index (χ3v) is 6.85. The second-order valence-corrected chi connectivity index (χ2v) is 10.2. The van der Waals surface area contributed by atoms with E-state index in [1.54, 1.807) is 59.3 Å². The highest BCUT2D eigenvalue weighted by molar-refractivity contribution is 7.46. The van der Waals surface area contributed by atoms with Crippen LogP contribution in [0.5, 0.6) is 0 Å². The van der Waals surface area contributed by atoms with Gasteiger partial charge in [0, 0.05) is 18.6 Å². The van der Waals surface area contributed by atoms with Crippen molar-refractivity contribution in [1.29, 1.82) is 0 Å². The lowest BCUT2D eigenvalue weighted by Gasteiger charge is -2.44. The Bertz CT molecular complexity index is 1520. The Hall–Kier alpha value is -3.90. The van der Waals surface area contributed by atoms with Gasteiger partial charge in [0.15, 0.2) is 12.3 Å². The monoisotopic (exact) mass is 568 g/mol. The van der Waals surface area contributed by atoms with Crippen LogP contribution < -0.4 is 0 Å². The fourth-order valence-corrected chi connectivity index (χ4v) is 5.05. The number of rotatable bonds is 8. The summed E-state index contributed by atoms with van der Waals surface area (Å²) in [6.45, 7) is -0.491. The Morgan fingerprint density at radius 1 is 0.925 bits per heavy atom. The van der Waals surface area contributed by atoms with Gasteiger partial charge in [0.05, 0.1) is 16.6 Å². The molecule has 0 aliphatic carbocycles. The molecular formula is C27H25N2O10P. The van der Waals surface area contributed by atoms with E-state index >= 15 is 0 Å². The van der Waals surface area contributed by atoms with Crippen LogP contribution in [0.3, 0.4) is 0 Å². The molecule has 13 heteroatoms. The molecule has 2 aromatic heterocycles. The van der Waals surface area contributed by atoms with E-state index in [0.717, 1.165) is 5.39 Å². The molecule has 1 saturated heterocycles. The van der Waals surface area contributed by atoms with Gasteiger partial charge in [-0.2, -0.15) is 0 Å². The summed E-state index contributed by atoms with van der Waals surface area (Å²) < 4.78 is 35.7. The summed E-state index contributed by atoms with van der Waals surface area (Å²) in [5.41, 5.74) is 0.954. The first-order chi connectivity index (χ1) is 19.2. The molecule has 0 bridgehead atoms. The van der Waals surface area contributed by atoms with Crippen molar-refractivity contribution in [2.24, 2.45) is 0 Å². The molecule has 0 radical (unpaired) electrons. The zero-order valence-electron chi connectivity index (χ0n) is 20.8. The van der Waals surface area contributed by atoms with E-state index in [1.165, 1.54) is 24.5 Å². The van der Waals surface area contributed by atoms with Crippen LogP contribution in [-0.4, -0.2) is 67.4 Å². The predicted molar refractivity (Wildman–Crippen MR) is 139 cm³/mol. The minimum absolute atomic E-state index is 0.0574. The van der Waals surface area contributed by atoms with Gasteiger partial charge in [0.2, 0.25) is 0 Å². The van der Waals surface area contributed by atoms with E-state index in [-0.39, 0.29) is 11.1 Å². The van der Waals surface area contributed by atoms with Gasteiger partial charge >= 0.3 is 19.8 Å². The Morgan fingerprint density at radius 3 is 2.38 bits per heavy atom. The maximum atomic E-state index is 13.0. The molecule has 1 aliphatic rings. The van der Waals surface area contributed by atoms with E-state index in [1.807, 2.05) is 12.1 Å². The third kappa shape index (κ3) is 6.13. The van der Waals surface area contributed by atoms with Crippen LogP contribution in [0.4, 0.5) is 0 Å². The number of para-hydroxylation sites is 1. The number of carbonyl (C=O) groups excluding carboxylic acids is 2. The van der Waals surface area contributed by atoms with Crippen LogP contribution in [-0.2, 0) is 23.3 Å². The molecule has 1 aliphatic heterocycles. The molecule has 0 amide bonds. The summed E-state index contributed by atoms with van der Waals surface area (Å²) in [6.07, 6.45) is -3.31. The zero-order valence-corrected chi connectivity index (χ0v) is 21.7. The maximum absolute atomic E-state index is 13.0. The van der Waals surface area contributed by atoms with Crippen molar-refractivity contribution in [1.82, 2.24) is 9.55 Å². The predicted octanol–water partition coefficient (Wildman–Crippen LogP) is 2.86. The standard InChI is InChI=1S/C27H25N2O10P/c30-22-21(16-36-26(31)18-8-2-1-3-9-18)37-25(29-14-12-17-7-4-5-11-20(17)29)24(23(22)39-40(33,34)35)38-27(32)19-10-6-13-28-15-19/h1-15,21-25,30H,16H2,(H2,33,34,35)/t21-,22-,23+,24-,25-/m1/s1. The molecule has 0 spiro atoms. The second kappa shape index (κ2) is 11.7. The fraction of sp³-hybridized carbons (Fsp3) is 0.222.